The molecular formula is F2KTi+3. The Balaban J connectivity index is 0. The minimum absolute atomic E-state index is 0. The normalized spacial score (nSPS) is 0. The van der Waals surface area contributed by atoms with Gasteiger partial charge in [-0.2, -0.15) is 0 Å². The van der Waals surface area contributed by atoms with Gasteiger partial charge in [-0.1, -0.05) is 0 Å². The van der Waals surface area contributed by atoms with Gasteiger partial charge >= 0.3 is 73.1 Å². The molecule has 0 heterocycles. The minimum Gasteiger partial charge on any atom is -1.00 e. The molecule has 0 bridgehead atoms. The average molecular weight is 125 g/mol. The molecule has 0 aromatic heterocycles. The van der Waals surface area contributed by atoms with Gasteiger partial charge in [0, 0.05) is 0 Å². The van der Waals surface area contributed by atoms with Crippen LogP contribution in [0.3, 0.4) is 0 Å². The number of halogens is 2. The molecule has 16 valence electrons. The molecule has 0 aliphatic heterocycles. The van der Waals surface area contributed by atoms with E-state index in [0.29, 0.717) is 0 Å². The minimum atomic E-state index is 0. The zero-order valence-corrected chi connectivity index (χ0v) is 6.94. The van der Waals surface area contributed by atoms with E-state index in [9.17, 15) is 0 Å². The van der Waals surface area contributed by atoms with Crippen molar-refractivity contribution in [2.24, 2.45) is 0 Å². The van der Waals surface area contributed by atoms with E-state index in [0.717, 1.165) is 0 Å². The van der Waals surface area contributed by atoms with Gasteiger partial charge in [-0.05, 0) is 0 Å². The molecule has 0 aliphatic carbocycles. The number of hydrogen-bond donors (Lipinski definition) is 0. The Bertz CT molecular complexity index is 6.00. The standard InChI is InChI=1S/2FH.K.Ti/h2*1H;;/q;;+1;+4/p-2. The number of rotatable bonds is 0. The Kier molecular flexibility index (Phi) is 163. The zero-order valence-electron chi connectivity index (χ0n) is 2.26. The van der Waals surface area contributed by atoms with E-state index < -0.39 is 0 Å². The van der Waals surface area contributed by atoms with E-state index in [-0.39, 0.29) is 82.5 Å². The molecular weight excluding hydrogens is 125 g/mol. The van der Waals surface area contributed by atoms with E-state index in [4.69, 9.17) is 0 Å². The fourth-order valence-corrected chi connectivity index (χ4v) is 0. The van der Waals surface area contributed by atoms with Gasteiger partial charge in [0.15, 0.2) is 0 Å². The van der Waals surface area contributed by atoms with Gasteiger partial charge in [0.25, 0.3) is 0 Å². The largest absolute Gasteiger partial charge is 4.00 e. The first kappa shape index (κ1) is 34.5. The van der Waals surface area contributed by atoms with Crippen molar-refractivity contribution in [2.45, 2.75) is 0 Å². The Hall–Kier alpha value is 2.21. The molecule has 0 aromatic rings. The third kappa shape index (κ3) is 8.88. The smallest absolute Gasteiger partial charge is 1.00 e. The van der Waals surface area contributed by atoms with Crippen LogP contribution in [0.15, 0.2) is 0 Å². The van der Waals surface area contributed by atoms with Gasteiger partial charge in [0.2, 0.25) is 0 Å². The van der Waals surface area contributed by atoms with E-state index in [2.05, 4.69) is 0 Å². The van der Waals surface area contributed by atoms with Crippen molar-refractivity contribution in [1.82, 2.24) is 0 Å². The summed E-state index contributed by atoms with van der Waals surface area (Å²) < 4.78 is 0. The quantitative estimate of drug-likeness (QED) is 0.282. The van der Waals surface area contributed by atoms with Crippen LogP contribution in [0, 0.1) is 0 Å². The van der Waals surface area contributed by atoms with Gasteiger partial charge in [0.1, 0.15) is 0 Å². The predicted molar refractivity (Wildman–Crippen MR) is 0 cm³/mol. The fourth-order valence-electron chi connectivity index (χ4n) is 0. The summed E-state index contributed by atoms with van der Waals surface area (Å²) in [6.45, 7) is 0. The Morgan fingerprint density at radius 3 is 0.750 bits per heavy atom. The SMILES string of the molecule is [F-].[F-].[K+].[Ti+4]. The van der Waals surface area contributed by atoms with Crippen LogP contribution in [-0.2, 0) is 21.7 Å². The van der Waals surface area contributed by atoms with Crippen LogP contribution in [0.1, 0.15) is 0 Å². The van der Waals surface area contributed by atoms with Crippen LogP contribution in [-0.4, -0.2) is 0 Å². The van der Waals surface area contributed by atoms with Crippen LogP contribution in [0.4, 0.5) is 0 Å². The molecule has 4 heavy (non-hydrogen) atoms. The zero-order chi connectivity index (χ0) is 0. The summed E-state index contributed by atoms with van der Waals surface area (Å²) in [7, 11) is 0. The van der Waals surface area contributed by atoms with Gasteiger partial charge in [-0.3, -0.25) is 0 Å². The maximum atomic E-state index is 0. The van der Waals surface area contributed by atoms with Gasteiger partial charge in [0.05, 0.1) is 0 Å². The first-order valence-electron chi connectivity index (χ1n) is 0. The molecule has 0 aliphatic rings. The molecule has 0 N–H and O–H groups in total. The second-order valence-electron chi connectivity index (χ2n) is 0. The van der Waals surface area contributed by atoms with E-state index in [1.807, 2.05) is 0 Å². The maximum Gasteiger partial charge on any atom is 4.00 e. The second-order valence-corrected chi connectivity index (χ2v) is 0. The molecule has 0 unspecified atom stereocenters. The van der Waals surface area contributed by atoms with Crippen LogP contribution >= 0.6 is 0 Å². The first-order chi connectivity index (χ1) is 0. The molecule has 0 rings (SSSR count). The summed E-state index contributed by atoms with van der Waals surface area (Å²) in [6.07, 6.45) is 0. The fraction of sp³-hybridized carbons (Fsp3) is 0. The molecule has 0 saturated carbocycles. The van der Waals surface area contributed by atoms with Crippen molar-refractivity contribution in [1.29, 1.82) is 0 Å². The molecule has 0 nitrogen and oxygen atoms in total. The van der Waals surface area contributed by atoms with Crippen molar-refractivity contribution in [3.63, 3.8) is 0 Å². The summed E-state index contributed by atoms with van der Waals surface area (Å²) in [5.74, 6) is 0. The summed E-state index contributed by atoms with van der Waals surface area (Å²) in [5, 5.41) is 0. The molecule has 0 atom stereocenters. The van der Waals surface area contributed by atoms with Crippen LogP contribution < -0.4 is 60.8 Å². The average Bonchev–Trinajstić information content (AvgIpc) is 0. The molecule has 0 saturated heterocycles. The van der Waals surface area contributed by atoms with Gasteiger partial charge in [-0.15, -0.1) is 0 Å². The Morgan fingerprint density at radius 2 is 0.750 bits per heavy atom. The third-order valence-electron chi connectivity index (χ3n) is 0. The van der Waals surface area contributed by atoms with Crippen LogP contribution in [0.5, 0.6) is 0 Å². The summed E-state index contributed by atoms with van der Waals surface area (Å²) in [6, 6.07) is 0. The Labute approximate surface area is 80.8 Å². The molecule has 0 amide bonds. The first-order valence-corrected chi connectivity index (χ1v) is 0. The summed E-state index contributed by atoms with van der Waals surface area (Å²) in [4.78, 5) is 0. The molecule has 0 aromatic carbocycles. The number of hydrogen-bond acceptors (Lipinski definition) is 0. The van der Waals surface area contributed by atoms with Crippen LogP contribution in [0.2, 0.25) is 0 Å². The van der Waals surface area contributed by atoms with E-state index in [1.54, 1.807) is 0 Å². The van der Waals surface area contributed by atoms with Crippen molar-refractivity contribution >= 4 is 0 Å². The summed E-state index contributed by atoms with van der Waals surface area (Å²) >= 11 is 0. The molecule has 0 fully saturated rings. The van der Waals surface area contributed by atoms with E-state index in [1.165, 1.54) is 0 Å². The van der Waals surface area contributed by atoms with Gasteiger partial charge < -0.3 is 9.41 Å². The van der Waals surface area contributed by atoms with Crippen LogP contribution in [0.25, 0.3) is 0 Å². The molecule has 4 heteroatoms. The van der Waals surface area contributed by atoms with E-state index >= 15 is 0 Å². The summed E-state index contributed by atoms with van der Waals surface area (Å²) in [5.41, 5.74) is 0. The van der Waals surface area contributed by atoms with Crippen molar-refractivity contribution in [2.75, 3.05) is 0 Å². The van der Waals surface area contributed by atoms with Crippen molar-refractivity contribution in [3.8, 4) is 0 Å². The Morgan fingerprint density at radius 1 is 0.750 bits per heavy atom. The van der Waals surface area contributed by atoms with Crippen molar-refractivity contribution < 1.29 is 82.5 Å². The molecule has 0 spiro atoms. The topological polar surface area (TPSA) is 0 Å². The third-order valence-corrected chi connectivity index (χ3v) is 0. The predicted octanol–water partition coefficient (Wildman–Crippen LogP) is -8.99. The van der Waals surface area contributed by atoms with Gasteiger partial charge in [-0.25, -0.2) is 0 Å². The maximum absolute atomic E-state index is 0. The van der Waals surface area contributed by atoms with Crippen molar-refractivity contribution in [3.05, 3.63) is 0 Å². The molecule has 0 radical (unpaired) electrons. The second kappa shape index (κ2) is 18.9. The monoisotopic (exact) mass is 125 g/mol.